The average Bonchev–Trinajstić information content (AvgIpc) is 3.31. The number of imide groups is 1. The van der Waals surface area contributed by atoms with Crippen molar-refractivity contribution in [3.05, 3.63) is 65.9 Å². The lowest BCUT2D eigenvalue weighted by Crippen LogP contribution is -2.34. The van der Waals surface area contributed by atoms with Crippen molar-refractivity contribution in [3.8, 4) is 21.8 Å². The van der Waals surface area contributed by atoms with E-state index in [4.69, 9.17) is 5.11 Å². The number of benzene rings is 1. The number of carbonyl (C=O) groups excluding carboxylic acids is 2. The molecule has 7 nitrogen and oxygen atoms in total. The number of amides is 2. The predicted molar refractivity (Wildman–Crippen MR) is 106 cm³/mol. The Morgan fingerprint density at radius 1 is 1.14 bits per heavy atom. The summed E-state index contributed by atoms with van der Waals surface area (Å²) in [6.45, 7) is -0.285. The zero-order valence-corrected chi connectivity index (χ0v) is 15.5. The van der Waals surface area contributed by atoms with E-state index in [9.17, 15) is 9.59 Å². The number of aliphatic hydroxyl groups is 1. The Morgan fingerprint density at radius 3 is 2.79 bits per heavy atom. The van der Waals surface area contributed by atoms with Gasteiger partial charge in [-0.25, -0.2) is 4.98 Å². The molecule has 0 bridgehead atoms. The summed E-state index contributed by atoms with van der Waals surface area (Å²) in [6, 6.07) is 11.3. The molecule has 0 saturated heterocycles. The van der Waals surface area contributed by atoms with Crippen molar-refractivity contribution in [3.63, 3.8) is 0 Å². The normalized spacial score (nSPS) is 13.8. The molecule has 8 heteroatoms. The van der Waals surface area contributed by atoms with Gasteiger partial charge in [-0.2, -0.15) is 0 Å². The van der Waals surface area contributed by atoms with Gasteiger partial charge in [0.15, 0.2) is 0 Å². The molecule has 0 radical (unpaired) electrons. The van der Waals surface area contributed by atoms with Crippen LogP contribution in [0, 0.1) is 0 Å². The van der Waals surface area contributed by atoms with Crippen molar-refractivity contribution < 1.29 is 14.7 Å². The number of carbonyl (C=O) groups is 2. The minimum atomic E-state index is -0.447. The number of pyridine rings is 1. The molecule has 0 unspecified atom stereocenters. The average molecular weight is 392 g/mol. The van der Waals surface area contributed by atoms with E-state index in [2.05, 4.69) is 15.3 Å². The van der Waals surface area contributed by atoms with E-state index in [1.54, 1.807) is 12.4 Å². The van der Waals surface area contributed by atoms with Crippen molar-refractivity contribution in [1.29, 1.82) is 0 Å². The van der Waals surface area contributed by atoms with Crippen LogP contribution in [0.3, 0.4) is 0 Å². The van der Waals surface area contributed by atoms with Gasteiger partial charge in [-0.05, 0) is 24.3 Å². The minimum absolute atomic E-state index is 0.0185. The molecular formula is C20H16N4O3S. The van der Waals surface area contributed by atoms with Gasteiger partial charge in [-0.15, -0.1) is 11.3 Å². The smallest absolute Gasteiger partial charge is 0.277 e. The van der Waals surface area contributed by atoms with Crippen LogP contribution in [0.25, 0.3) is 21.8 Å². The SMILES string of the molecule is O=C1C=C(Nc2cccc(-c3csc(-c4cccnc4)n3)c2)C(=O)N1CCO. The monoisotopic (exact) mass is 392 g/mol. The van der Waals surface area contributed by atoms with Crippen LogP contribution in [0.1, 0.15) is 0 Å². The van der Waals surface area contributed by atoms with Crippen molar-refractivity contribution in [2.75, 3.05) is 18.5 Å². The molecule has 2 aromatic heterocycles. The predicted octanol–water partition coefficient (Wildman–Crippen LogP) is 2.53. The zero-order valence-electron chi connectivity index (χ0n) is 14.7. The highest BCUT2D eigenvalue weighted by Crippen LogP contribution is 2.30. The van der Waals surface area contributed by atoms with Crippen LogP contribution in [0.4, 0.5) is 5.69 Å². The van der Waals surface area contributed by atoms with Crippen LogP contribution < -0.4 is 5.32 Å². The van der Waals surface area contributed by atoms with E-state index in [1.165, 1.54) is 17.4 Å². The summed E-state index contributed by atoms with van der Waals surface area (Å²) in [5, 5.41) is 14.8. The standard InChI is InChI=1S/C20H16N4O3S/c25-8-7-24-18(26)10-16(20(24)27)22-15-5-1-3-13(9-15)17-12-28-19(23-17)14-4-2-6-21-11-14/h1-6,9-12,22,25H,7-8H2. The molecule has 0 aliphatic carbocycles. The Balaban J connectivity index is 1.55. The number of anilines is 1. The fourth-order valence-electron chi connectivity index (χ4n) is 2.85. The third-order valence-corrected chi connectivity index (χ3v) is 5.07. The van der Waals surface area contributed by atoms with Crippen LogP contribution in [0.2, 0.25) is 0 Å². The first-order chi connectivity index (χ1) is 13.7. The molecule has 0 atom stereocenters. The number of nitrogens with zero attached hydrogens (tertiary/aromatic N) is 3. The molecule has 3 aromatic rings. The molecule has 1 aliphatic heterocycles. The highest BCUT2D eigenvalue weighted by atomic mass is 32.1. The Labute approximate surface area is 165 Å². The lowest BCUT2D eigenvalue weighted by molar-refractivity contribution is -0.137. The maximum atomic E-state index is 12.3. The minimum Gasteiger partial charge on any atom is -0.395 e. The largest absolute Gasteiger partial charge is 0.395 e. The number of aromatic nitrogens is 2. The molecule has 140 valence electrons. The molecule has 2 N–H and O–H groups in total. The van der Waals surface area contributed by atoms with E-state index in [0.29, 0.717) is 5.69 Å². The molecule has 28 heavy (non-hydrogen) atoms. The topological polar surface area (TPSA) is 95.4 Å². The quantitative estimate of drug-likeness (QED) is 0.626. The number of hydrogen-bond acceptors (Lipinski definition) is 7. The number of hydrogen-bond donors (Lipinski definition) is 2. The van der Waals surface area contributed by atoms with Gasteiger partial charge in [0.05, 0.1) is 18.8 Å². The lowest BCUT2D eigenvalue weighted by Gasteiger charge is -2.13. The van der Waals surface area contributed by atoms with Gasteiger partial charge >= 0.3 is 0 Å². The van der Waals surface area contributed by atoms with Crippen LogP contribution in [-0.4, -0.2) is 44.9 Å². The second-order valence-corrected chi connectivity index (χ2v) is 6.92. The van der Waals surface area contributed by atoms with E-state index in [-0.39, 0.29) is 18.8 Å². The van der Waals surface area contributed by atoms with Gasteiger partial charge in [-0.3, -0.25) is 19.5 Å². The van der Waals surface area contributed by atoms with Gasteiger partial charge < -0.3 is 10.4 Å². The zero-order chi connectivity index (χ0) is 19.5. The molecule has 1 aromatic carbocycles. The maximum Gasteiger partial charge on any atom is 0.277 e. The molecule has 0 fully saturated rings. The van der Waals surface area contributed by atoms with Crippen LogP contribution in [0.5, 0.6) is 0 Å². The van der Waals surface area contributed by atoms with Crippen molar-refractivity contribution in [2.45, 2.75) is 0 Å². The van der Waals surface area contributed by atoms with E-state index < -0.39 is 11.8 Å². The molecular weight excluding hydrogens is 376 g/mol. The first-order valence-electron chi connectivity index (χ1n) is 8.57. The summed E-state index contributed by atoms with van der Waals surface area (Å²) < 4.78 is 0. The van der Waals surface area contributed by atoms with E-state index in [1.807, 2.05) is 41.8 Å². The number of thiazole rings is 1. The Bertz CT molecular complexity index is 1060. The van der Waals surface area contributed by atoms with Crippen LogP contribution in [0.15, 0.2) is 65.9 Å². The van der Waals surface area contributed by atoms with Gasteiger partial charge in [0.2, 0.25) is 0 Å². The van der Waals surface area contributed by atoms with Crippen LogP contribution in [-0.2, 0) is 9.59 Å². The van der Waals surface area contributed by atoms with Gasteiger partial charge in [0.25, 0.3) is 11.8 Å². The number of rotatable bonds is 6. The second-order valence-electron chi connectivity index (χ2n) is 6.06. The third kappa shape index (κ3) is 3.55. The number of β-amino-alcohol motifs (C(OH)–C–C–N with tert-alkyl or cyclic N) is 1. The van der Waals surface area contributed by atoms with E-state index in [0.717, 1.165) is 26.7 Å². The second kappa shape index (κ2) is 7.71. The fourth-order valence-corrected chi connectivity index (χ4v) is 3.67. The molecule has 0 saturated carbocycles. The van der Waals surface area contributed by atoms with Gasteiger partial charge in [0.1, 0.15) is 10.7 Å². The highest BCUT2D eigenvalue weighted by molar-refractivity contribution is 7.13. The van der Waals surface area contributed by atoms with Crippen molar-refractivity contribution in [2.24, 2.45) is 0 Å². The summed E-state index contributed by atoms with van der Waals surface area (Å²) in [4.78, 5) is 33.9. The Morgan fingerprint density at radius 2 is 2.00 bits per heavy atom. The lowest BCUT2D eigenvalue weighted by atomic mass is 10.1. The number of aliphatic hydroxyl groups excluding tert-OH is 1. The first-order valence-corrected chi connectivity index (χ1v) is 9.45. The number of nitrogens with one attached hydrogen (secondary N) is 1. The summed E-state index contributed by atoms with van der Waals surface area (Å²) in [6.07, 6.45) is 4.74. The fraction of sp³-hybridized carbons (Fsp3) is 0.100. The summed E-state index contributed by atoms with van der Waals surface area (Å²) >= 11 is 1.53. The Kier molecular flexibility index (Phi) is 4.96. The molecule has 3 heterocycles. The summed E-state index contributed by atoms with van der Waals surface area (Å²) in [7, 11) is 0. The van der Waals surface area contributed by atoms with Gasteiger partial charge in [0, 0.05) is 40.7 Å². The summed E-state index contributed by atoms with van der Waals surface area (Å²) in [5.74, 6) is -0.879. The van der Waals surface area contributed by atoms with E-state index >= 15 is 0 Å². The highest BCUT2D eigenvalue weighted by Gasteiger charge is 2.30. The molecule has 1 aliphatic rings. The van der Waals surface area contributed by atoms with Gasteiger partial charge in [-0.1, -0.05) is 12.1 Å². The van der Waals surface area contributed by atoms with Crippen molar-refractivity contribution in [1.82, 2.24) is 14.9 Å². The third-order valence-electron chi connectivity index (χ3n) is 4.18. The molecule has 4 rings (SSSR count). The maximum absolute atomic E-state index is 12.3. The Hall–Kier alpha value is -3.36. The summed E-state index contributed by atoms with van der Waals surface area (Å²) in [5.41, 5.74) is 3.52. The molecule has 2 amide bonds. The van der Waals surface area contributed by atoms with Crippen molar-refractivity contribution >= 4 is 28.8 Å². The van der Waals surface area contributed by atoms with Crippen LogP contribution >= 0.6 is 11.3 Å². The first kappa shape index (κ1) is 18.0. The molecule has 0 spiro atoms.